The molecule has 2 N–H and O–H groups in total. The number of hydrogen-bond acceptors (Lipinski definition) is 1. The minimum Gasteiger partial charge on any atom is -0.399 e. The summed E-state index contributed by atoms with van der Waals surface area (Å²) in [5.41, 5.74) is 10.1. The van der Waals surface area contributed by atoms with Crippen LogP contribution in [0.25, 0.3) is 0 Å². The molecule has 1 nitrogen and oxygen atoms in total. The Labute approximate surface area is 137 Å². The Bertz CT molecular complexity index is 410. The molecule has 1 saturated carbocycles. The summed E-state index contributed by atoms with van der Waals surface area (Å²) in [7, 11) is 0. The van der Waals surface area contributed by atoms with Crippen LogP contribution in [0.3, 0.4) is 0 Å². The van der Waals surface area contributed by atoms with Crippen molar-refractivity contribution in [3.8, 4) is 0 Å². The fraction of sp³-hybridized carbons (Fsp3) is 0.714. The summed E-state index contributed by atoms with van der Waals surface area (Å²) < 4.78 is 0. The van der Waals surface area contributed by atoms with Gasteiger partial charge in [-0.3, -0.25) is 0 Å². The van der Waals surface area contributed by atoms with E-state index in [2.05, 4.69) is 25.1 Å². The number of nitrogen functional groups attached to an aromatic ring is 1. The Kier molecular flexibility index (Phi) is 7.83. The third kappa shape index (κ3) is 5.66. The number of rotatable bonds is 2. The number of benzene rings is 1. The Hall–Kier alpha value is -0.980. The molecule has 1 aromatic rings. The molecule has 124 valence electrons. The Morgan fingerprint density at radius 1 is 0.818 bits per heavy atom. The first-order valence-electron chi connectivity index (χ1n) is 9.69. The maximum Gasteiger partial charge on any atom is 0.0317 e. The highest BCUT2D eigenvalue weighted by atomic mass is 14.5. The van der Waals surface area contributed by atoms with Crippen molar-refractivity contribution in [2.45, 2.75) is 96.3 Å². The molecule has 0 heterocycles. The normalized spacial score (nSPS) is 19.9. The highest BCUT2D eigenvalue weighted by Crippen LogP contribution is 2.33. The Morgan fingerprint density at radius 3 is 1.82 bits per heavy atom. The summed E-state index contributed by atoms with van der Waals surface area (Å²) in [6, 6.07) is 6.59. The molecule has 1 aliphatic rings. The van der Waals surface area contributed by atoms with Crippen LogP contribution in [0.2, 0.25) is 0 Å². The van der Waals surface area contributed by atoms with Crippen molar-refractivity contribution < 1.29 is 0 Å². The standard InChI is InChI=1S/C21H35N/c1-2-18-15-16-20(22)17-21(18)19-13-11-9-7-5-3-4-6-8-10-12-14-19/h15-17,19H,2-14,22H2,1H3. The topological polar surface area (TPSA) is 26.0 Å². The van der Waals surface area contributed by atoms with Crippen LogP contribution in [-0.2, 0) is 6.42 Å². The van der Waals surface area contributed by atoms with E-state index in [1.807, 2.05) is 0 Å². The summed E-state index contributed by atoms with van der Waals surface area (Å²) in [6.07, 6.45) is 18.1. The van der Waals surface area contributed by atoms with E-state index in [9.17, 15) is 0 Å². The van der Waals surface area contributed by atoms with Crippen molar-refractivity contribution in [2.75, 3.05) is 5.73 Å². The lowest BCUT2D eigenvalue weighted by Gasteiger charge is -2.21. The van der Waals surface area contributed by atoms with Crippen LogP contribution in [-0.4, -0.2) is 0 Å². The van der Waals surface area contributed by atoms with Gasteiger partial charge in [-0.15, -0.1) is 0 Å². The van der Waals surface area contributed by atoms with E-state index in [4.69, 9.17) is 5.73 Å². The van der Waals surface area contributed by atoms with Gasteiger partial charge >= 0.3 is 0 Å². The van der Waals surface area contributed by atoms with E-state index in [0.717, 1.165) is 18.0 Å². The van der Waals surface area contributed by atoms with Crippen molar-refractivity contribution in [3.05, 3.63) is 29.3 Å². The van der Waals surface area contributed by atoms with Crippen LogP contribution >= 0.6 is 0 Å². The van der Waals surface area contributed by atoms with Gasteiger partial charge in [0.25, 0.3) is 0 Å². The fourth-order valence-corrected chi connectivity index (χ4v) is 3.97. The average molecular weight is 302 g/mol. The molecule has 0 radical (unpaired) electrons. The summed E-state index contributed by atoms with van der Waals surface area (Å²) in [5.74, 6) is 0.735. The van der Waals surface area contributed by atoms with Gasteiger partial charge in [0, 0.05) is 5.69 Å². The first kappa shape index (κ1) is 17.4. The highest BCUT2D eigenvalue weighted by molar-refractivity contribution is 5.46. The van der Waals surface area contributed by atoms with Gasteiger partial charge in [-0.05, 0) is 48.4 Å². The van der Waals surface area contributed by atoms with Crippen LogP contribution in [0, 0.1) is 0 Å². The minimum absolute atomic E-state index is 0.735. The summed E-state index contributed by atoms with van der Waals surface area (Å²) in [5, 5.41) is 0. The zero-order chi connectivity index (χ0) is 15.6. The molecule has 0 saturated heterocycles. The van der Waals surface area contributed by atoms with Crippen molar-refractivity contribution >= 4 is 5.69 Å². The number of anilines is 1. The molecule has 0 bridgehead atoms. The molecule has 0 spiro atoms. The lowest BCUT2D eigenvalue weighted by molar-refractivity contribution is 0.498. The third-order valence-electron chi connectivity index (χ3n) is 5.35. The molecule has 22 heavy (non-hydrogen) atoms. The lowest BCUT2D eigenvalue weighted by atomic mass is 9.85. The second kappa shape index (κ2) is 9.92. The highest BCUT2D eigenvalue weighted by Gasteiger charge is 2.15. The van der Waals surface area contributed by atoms with Gasteiger partial charge in [-0.2, -0.15) is 0 Å². The van der Waals surface area contributed by atoms with Gasteiger partial charge in [0.1, 0.15) is 0 Å². The smallest absolute Gasteiger partial charge is 0.0317 e. The minimum atomic E-state index is 0.735. The molecule has 1 aromatic carbocycles. The number of nitrogens with two attached hydrogens (primary N) is 1. The Balaban J connectivity index is 2.05. The van der Waals surface area contributed by atoms with Gasteiger partial charge in [-0.25, -0.2) is 0 Å². The molecular weight excluding hydrogens is 266 g/mol. The molecule has 1 heteroatoms. The summed E-state index contributed by atoms with van der Waals surface area (Å²) in [6.45, 7) is 2.27. The van der Waals surface area contributed by atoms with Gasteiger partial charge in [0.05, 0.1) is 0 Å². The molecule has 1 fully saturated rings. The second-order valence-electron chi connectivity index (χ2n) is 7.12. The van der Waals surface area contributed by atoms with Crippen LogP contribution in [0.5, 0.6) is 0 Å². The van der Waals surface area contributed by atoms with Crippen LogP contribution < -0.4 is 5.73 Å². The predicted octanol–water partition coefficient (Wildman–Crippen LogP) is 6.61. The van der Waals surface area contributed by atoms with Crippen LogP contribution in [0.1, 0.15) is 101 Å². The van der Waals surface area contributed by atoms with E-state index in [1.54, 1.807) is 5.56 Å². The van der Waals surface area contributed by atoms with Crippen LogP contribution in [0.4, 0.5) is 5.69 Å². The van der Waals surface area contributed by atoms with E-state index in [-0.39, 0.29) is 0 Å². The first-order valence-corrected chi connectivity index (χ1v) is 9.69. The van der Waals surface area contributed by atoms with Crippen molar-refractivity contribution in [2.24, 2.45) is 0 Å². The molecule has 0 unspecified atom stereocenters. The Morgan fingerprint density at radius 2 is 1.32 bits per heavy atom. The van der Waals surface area contributed by atoms with Crippen molar-refractivity contribution in [3.63, 3.8) is 0 Å². The zero-order valence-electron chi connectivity index (χ0n) is 14.6. The van der Waals surface area contributed by atoms with Gasteiger partial charge in [0.15, 0.2) is 0 Å². The molecule has 0 amide bonds. The largest absolute Gasteiger partial charge is 0.399 e. The van der Waals surface area contributed by atoms with Gasteiger partial charge in [0.2, 0.25) is 0 Å². The second-order valence-corrected chi connectivity index (χ2v) is 7.12. The van der Waals surface area contributed by atoms with E-state index < -0.39 is 0 Å². The third-order valence-corrected chi connectivity index (χ3v) is 5.35. The summed E-state index contributed by atoms with van der Waals surface area (Å²) >= 11 is 0. The lowest BCUT2D eigenvalue weighted by Crippen LogP contribution is -2.05. The van der Waals surface area contributed by atoms with E-state index >= 15 is 0 Å². The molecular formula is C21H35N. The number of hydrogen-bond donors (Lipinski definition) is 1. The number of aryl methyl sites for hydroxylation is 1. The van der Waals surface area contributed by atoms with Crippen molar-refractivity contribution in [1.29, 1.82) is 0 Å². The maximum atomic E-state index is 6.08. The first-order chi connectivity index (χ1) is 10.8. The van der Waals surface area contributed by atoms with E-state index in [1.165, 1.54) is 82.6 Å². The molecule has 0 aromatic heterocycles. The van der Waals surface area contributed by atoms with Crippen LogP contribution in [0.15, 0.2) is 18.2 Å². The maximum absolute atomic E-state index is 6.08. The van der Waals surface area contributed by atoms with Crippen molar-refractivity contribution in [1.82, 2.24) is 0 Å². The quantitative estimate of drug-likeness (QED) is 0.611. The van der Waals surface area contributed by atoms with E-state index in [0.29, 0.717) is 0 Å². The molecule has 0 atom stereocenters. The SMILES string of the molecule is CCc1ccc(N)cc1C1CCCCCCCCCCCC1. The molecule has 0 aliphatic heterocycles. The van der Waals surface area contributed by atoms with Gasteiger partial charge in [-0.1, -0.05) is 77.2 Å². The molecule has 1 aliphatic carbocycles. The fourth-order valence-electron chi connectivity index (χ4n) is 3.97. The average Bonchev–Trinajstić information content (AvgIpc) is 2.55. The zero-order valence-corrected chi connectivity index (χ0v) is 14.6. The predicted molar refractivity (Wildman–Crippen MR) is 98.4 cm³/mol. The summed E-state index contributed by atoms with van der Waals surface area (Å²) in [4.78, 5) is 0. The molecule has 2 rings (SSSR count). The van der Waals surface area contributed by atoms with Gasteiger partial charge < -0.3 is 5.73 Å². The monoisotopic (exact) mass is 301 g/mol.